The van der Waals surface area contributed by atoms with E-state index in [9.17, 15) is 4.79 Å². The van der Waals surface area contributed by atoms with Crippen molar-refractivity contribution in [2.24, 2.45) is 11.7 Å². The second-order valence-electron chi connectivity index (χ2n) is 4.08. The first kappa shape index (κ1) is 11.5. The van der Waals surface area contributed by atoms with Gasteiger partial charge in [0, 0.05) is 25.0 Å². The minimum Gasteiger partial charge on any atom is -0.338 e. The topological polar surface area (TPSA) is 46.3 Å². The Hall–Kier alpha value is -0.570. The first-order chi connectivity index (χ1) is 6.74. The van der Waals surface area contributed by atoms with Crippen LogP contribution >= 0.6 is 0 Å². The number of hydrogen-bond acceptors (Lipinski definition) is 2. The van der Waals surface area contributed by atoms with Gasteiger partial charge in [0.1, 0.15) is 0 Å². The Labute approximate surface area is 86.6 Å². The molecule has 1 aliphatic heterocycles. The zero-order chi connectivity index (χ0) is 10.6. The van der Waals surface area contributed by atoms with E-state index in [1.807, 2.05) is 4.90 Å². The predicted molar refractivity (Wildman–Crippen MR) is 57.9 cm³/mol. The first-order valence-electron chi connectivity index (χ1n) is 5.75. The lowest BCUT2D eigenvalue weighted by Gasteiger charge is -2.27. The van der Waals surface area contributed by atoms with Gasteiger partial charge in [0.25, 0.3) is 0 Å². The van der Waals surface area contributed by atoms with Gasteiger partial charge < -0.3 is 10.6 Å². The number of carbonyl (C=O) groups is 1. The van der Waals surface area contributed by atoms with Crippen molar-refractivity contribution < 1.29 is 4.79 Å². The van der Waals surface area contributed by atoms with E-state index in [4.69, 9.17) is 5.73 Å². The molecule has 3 heteroatoms. The Morgan fingerprint density at radius 3 is 2.64 bits per heavy atom. The van der Waals surface area contributed by atoms with E-state index in [1.54, 1.807) is 0 Å². The van der Waals surface area contributed by atoms with E-state index in [0.29, 0.717) is 18.5 Å². The molecule has 0 bridgehead atoms. The van der Waals surface area contributed by atoms with Gasteiger partial charge in [0.2, 0.25) is 5.91 Å². The summed E-state index contributed by atoms with van der Waals surface area (Å²) in [4.78, 5) is 14.0. The van der Waals surface area contributed by atoms with Crippen molar-refractivity contribution in [2.75, 3.05) is 13.1 Å². The third kappa shape index (κ3) is 2.27. The Kier molecular flexibility index (Phi) is 4.39. The van der Waals surface area contributed by atoms with E-state index in [0.717, 1.165) is 32.2 Å². The number of amides is 1. The van der Waals surface area contributed by atoms with Gasteiger partial charge in [-0.05, 0) is 25.7 Å². The highest BCUT2D eigenvalue weighted by Crippen LogP contribution is 2.21. The number of rotatable bonds is 4. The van der Waals surface area contributed by atoms with Crippen molar-refractivity contribution in [3.63, 3.8) is 0 Å². The number of likely N-dealkylation sites (tertiary alicyclic amines) is 1. The molecule has 0 radical (unpaired) electrons. The molecule has 1 heterocycles. The average molecular weight is 198 g/mol. The summed E-state index contributed by atoms with van der Waals surface area (Å²) in [5.41, 5.74) is 5.65. The monoisotopic (exact) mass is 198 g/mol. The highest BCUT2D eigenvalue weighted by molar-refractivity contribution is 5.79. The van der Waals surface area contributed by atoms with Crippen molar-refractivity contribution >= 4 is 5.91 Å². The Morgan fingerprint density at radius 1 is 1.50 bits per heavy atom. The second kappa shape index (κ2) is 5.35. The maximum atomic E-state index is 12.0. The third-order valence-electron chi connectivity index (χ3n) is 3.27. The summed E-state index contributed by atoms with van der Waals surface area (Å²) in [6, 6.07) is 0.308. The molecule has 82 valence electrons. The Morgan fingerprint density at radius 2 is 2.14 bits per heavy atom. The van der Waals surface area contributed by atoms with Crippen molar-refractivity contribution in [2.45, 2.75) is 45.6 Å². The lowest BCUT2D eigenvalue weighted by atomic mass is 10.0. The van der Waals surface area contributed by atoms with Crippen LogP contribution in [0.1, 0.15) is 39.5 Å². The normalized spacial score (nSPS) is 22.0. The smallest absolute Gasteiger partial charge is 0.225 e. The molecule has 0 aliphatic carbocycles. The number of carbonyl (C=O) groups excluding carboxylic acids is 1. The molecule has 0 saturated carbocycles. The maximum absolute atomic E-state index is 12.0. The van der Waals surface area contributed by atoms with Crippen LogP contribution in [0.5, 0.6) is 0 Å². The molecule has 1 amide bonds. The minimum atomic E-state index is 0.210. The zero-order valence-electron chi connectivity index (χ0n) is 9.33. The standard InChI is InChI=1S/C11H22N2O/c1-3-9(4-2)11(14)13-7-5-6-10(13)8-12/h9-10H,3-8,12H2,1-2H3/t10-/m0/s1. The summed E-state index contributed by atoms with van der Waals surface area (Å²) in [5, 5.41) is 0. The third-order valence-corrected chi connectivity index (χ3v) is 3.27. The fraction of sp³-hybridized carbons (Fsp3) is 0.909. The summed E-state index contributed by atoms with van der Waals surface area (Å²) in [6.07, 6.45) is 4.10. The molecule has 1 rings (SSSR count). The summed E-state index contributed by atoms with van der Waals surface area (Å²) in [7, 11) is 0. The molecule has 3 nitrogen and oxygen atoms in total. The highest BCUT2D eigenvalue weighted by atomic mass is 16.2. The van der Waals surface area contributed by atoms with E-state index >= 15 is 0 Å². The Bertz CT molecular complexity index is 190. The van der Waals surface area contributed by atoms with E-state index in [2.05, 4.69) is 13.8 Å². The quantitative estimate of drug-likeness (QED) is 0.741. The lowest BCUT2D eigenvalue weighted by Crippen LogP contribution is -2.42. The summed E-state index contributed by atoms with van der Waals surface area (Å²) < 4.78 is 0. The molecule has 1 atom stereocenters. The molecule has 1 saturated heterocycles. The van der Waals surface area contributed by atoms with E-state index in [1.165, 1.54) is 0 Å². The van der Waals surface area contributed by atoms with Crippen LogP contribution in [0, 0.1) is 5.92 Å². The van der Waals surface area contributed by atoms with Gasteiger partial charge in [-0.3, -0.25) is 4.79 Å². The molecular formula is C11H22N2O. The largest absolute Gasteiger partial charge is 0.338 e. The second-order valence-corrected chi connectivity index (χ2v) is 4.08. The van der Waals surface area contributed by atoms with Gasteiger partial charge >= 0.3 is 0 Å². The highest BCUT2D eigenvalue weighted by Gasteiger charge is 2.30. The van der Waals surface area contributed by atoms with Crippen LogP contribution < -0.4 is 5.73 Å². The Balaban J connectivity index is 2.58. The summed E-state index contributed by atoms with van der Waals surface area (Å²) >= 11 is 0. The average Bonchev–Trinajstić information content (AvgIpc) is 2.67. The van der Waals surface area contributed by atoms with Crippen LogP contribution in [0.15, 0.2) is 0 Å². The van der Waals surface area contributed by atoms with Crippen molar-refractivity contribution in [3.05, 3.63) is 0 Å². The van der Waals surface area contributed by atoms with Crippen molar-refractivity contribution in [1.29, 1.82) is 0 Å². The molecule has 0 aromatic carbocycles. The number of nitrogens with two attached hydrogens (primary N) is 1. The van der Waals surface area contributed by atoms with Crippen molar-refractivity contribution in [1.82, 2.24) is 4.90 Å². The van der Waals surface area contributed by atoms with Gasteiger partial charge in [-0.25, -0.2) is 0 Å². The molecule has 0 aromatic rings. The van der Waals surface area contributed by atoms with Crippen LogP contribution in [0.25, 0.3) is 0 Å². The fourth-order valence-corrected chi connectivity index (χ4v) is 2.24. The van der Waals surface area contributed by atoms with Crippen molar-refractivity contribution in [3.8, 4) is 0 Å². The van der Waals surface area contributed by atoms with Gasteiger partial charge in [0.05, 0.1) is 0 Å². The molecular weight excluding hydrogens is 176 g/mol. The van der Waals surface area contributed by atoms with E-state index in [-0.39, 0.29) is 5.92 Å². The van der Waals surface area contributed by atoms with Gasteiger partial charge in [-0.15, -0.1) is 0 Å². The van der Waals surface area contributed by atoms with E-state index < -0.39 is 0 Å². The first-order valence-corrected chi connectivity index (χ1v) is 5.75. The molecule has 2 N–H and O–H groups in total. The van der Waals surface area contributed by atoms with Crippen LogP contribution in [0.4, 0.5) is 0 Å². The maximum Gasteiger partial charge on any atom is 0.225 e. The van der Waals surface area contributed by atoms with Crippen LogP contribution in [-0.2, 0) is 4.79 Å². The molecule has 14 heavy (non-hydrogen) atoms. The van der Waals surface area contributed by atoms with Crippen LogP contribution in [0.3, 0.4) is 0 Å². The SMILES string of the molecule is CCC(CC)C(=O)N1CCC[C@H]1CN. The molecule has 0 aromatic heterocycles. The van der Waals surface area contributed by atoms with Crippen LogP contribution in [0.2, 0.25) is 0 Å². The van der Waals surface area contributed by atoms with Gasteiger partial charge in [0.15, 0.2) is 0 Å². The predicted octanol–water partition coefficient (Wildman–Crippen LogP) is 1.37. The number of hydrogen-bond donors (Lipinski definition) is 1. The summed E-state index contributed by atoms with van der Waals surface area (Å²) in [5.74, 6) is 0.533. The molecule has 1 aliphatic rings. The molecule has 1 fully saturated rings. The molecule has 0 unspecified atom stereocenters. The minimum absolute atomic E-state index is 0.210. The molecule has 0 spiro atoms. The zero-order valence-corrected chi connectivity index (χ0v) is 9.33. The fourth-order valence-electron chi connectivity index (χ4n) is 2.24. The van der Waals surface area contributed by atoms with Gasteiger partial charge in [-0.2, -0.15) is 0 Å². The van der Waals surface area contributed by atoms with Gasteiger partial charge in [-0.1, -0.05) is 13.8 Å². The lowest BCUT2D eigenvalue weighted by molar-refractivity contribution is -0.136. The van der Waals surface area contributed by atoms with Crippen LogP contribution in [-0.4, -0.2) is 29.9 Å². The number of nitrogens with zero attached hydrogens (tertiary/aromatic N) is 1. The summed E-state index contributed by atoms with van der Waals surface area (Å²) in [6.45, 7) is 5.70.